The van der Waals surface area contributed by atoms with Crippen molar-refractivity contribution in [1.82, 2.24) is 14.8 Å². The van der Waals surface area contributed by atoms with Gasteiger partial charge in [-0.25, -0.2) is 13.2 Å². The summed E-state index contributed by atoms with van der Waals surface area (Å²) in [6.07, 6.45) is 0. The first-order chi connectivity index (χ1) is 15.0. The van der Waals surface area contributed by atoms with E-state index in [4.69, 9.17) is 0 Å². The second-order valence-corrected chi connectivity index (χ2v) is 7.42. The molecule has 1 aromatic heterocycles. The molecule has 1 N–H and O–H groups in total. The first-order valence-electron chi connectivity index (χ1n) is 9.15. The molecule has 31 heavy (non-hydrogen) atoms. The minimum Gasteiger partial charge on any atom is -0.325 e. The molecule has 3 aromatic carbocycles. The monoisotopic (exact) mass is 440 g/mol. The van der Waals surface area contributed by atoms with Crippen molar-refractivity contribution < 1.29 is 18.0 Å². The molecule has 0 spiro atoms. The lowest BCUT2D eigenvalue weighted by atomic mass is 10.2. The van der Waals surface area contributed by atoms with E-state index < -0.39 is 17.5 Å². The quantitative estimate of drug-likeness (QED) is 0.425. The van der Waals surface area contributed by atoms with Crippen molar-refractivity contribution in [3.8, 4) is 17.1 Å². The molecule has 0 aliphatic rings. The standard InChI is InChI=1S/C22H15F3N4OS/c23-15-6-8-19(9-7-15)29-21(14-4-2-1-3-5-14)27-28-22(29)31-13-20(30)26-18-11-16(24)10-17(25)12-18/h1-12H,13H2,(H,26,30). The van der Waals surface area contributed by atoms with Gasteiger partial charge in [0.05, 0.1) is 5.75 Å². The number of hydrogen-bond donors (Lipinski definition) is 1. The summed E-state index contributed by atoms with van der Waals surface area (Å²) in [7, 11) is 0. The predicted molar refractivity (Wildman–Crippen MR) is 112 cm³/mol. The molecule has 4 aromatic rings. The molecule has 0 aliphatic heterocycles. The Morgan fingerprint density at radius 2 is 1.55 bits per heavy atom. The van der Waals surface area contributed by atoms with Crippen molar-refractivity contribution in [3.63, 3.8) is 0 Å². The molecule has 0 saturated carbocycles. The summed E-state index contributed by atoms with van der Waals surface area (Å²) in [4.78, 5) is 12.3. The lowest BCUT2D eigenvalue weighted by Crippen LogP contribution is -2.15. The number of aromatic nitrogens is 3. The molecular formula is C22H15F3N4OS. The highest BCUT2D eigenvalue weighted by molar-refractivity contribution is 7.99. The van der Waals surface area contributed by atoms with Gasteiger partial charge in [-0.1, -0.05) is 42.1 Å². The van der Waals surface area contributed by atoms with Crippen LogP contribution in [0.3, 0.4) is 0 Å². The summed E-state index contributed by atoms with van der Waals surface area (Å²) >= 11 is 1.09. The molecular weight excluding hydrogens is 425 g/mol. The molecule has 0 unspecified atom stereocenters. The SMILES string of the molecule is O=C(CSc1nnc(-c2ccccc2)n1-c1ccc(F)cc1)Nc1cc(F)cc(F)c1. The number of nitrogens with zero attached hydrogens (tertiary/aromatic N) is 3. The van der Waals surface area contributed by atoms with E-state index in [1.54, 1.807) is 16.7 Å². The normalized spacial score (nSPS) is 10.8. The summed E-state index contributed by atoms with van der Waals surface area (Å²) in [5.41, 5.74) is 1.44. The third kappa shape index (κ3) is 4.95. The summed E-state index contributed by atoms with van der Waals surface area (Å²) in [5, 5.41) is 11.3. The fraction of sp³-hybridized carbons (Fsp3) is 0.0455. The van der Waals surface area contributed by atoms with E-state index in [0.717, 1.165) is 35.5 Å². The number of amides is 1. The van der Waals surface area contributed by atoms with E-state index in [1.807, 2.05) is 30.3 Å². The Bertz CT molecular complexity index is 1190. The number of halogens is 3. The van der Waals surface area contributed by atoms with Crippen molar-refractivity contribution in [2.24, 2.45) is 0 Å². The lowest BCUT2D eigenvalue weighted by molar-refractivity contribution is -0.113. The summed E-state index contributed by atoms with van der Waals surface area (Å²) in [5.74, 6) is -1.97. The van der Waals surface area contributed by atoms with Crippen LogP contribution >= 0.6 is 11.8 Å². The highest BCUT2D eigenvalue weighted by Crippen LogP contribution is 2.28. The molecule has 156 valence electrons. The van der Waals surface area contributed by atoms with E-state index in [2.05, 4.69) is 15.5 Å². The maximum absolute atomic E-state index is 13.4. The Morgan fingerprint density at radius 3 is 2.23 bits per heavy atom. The molecule has 9 heteroatoms. The van der Waals surface area contributed by atoms with Crippen LogP contribution in [0, 0.1) is 17.5 Å². The van der Waals surface area contributed by atoms with Gasteiger partial charge in [0.25, 0.3) is 0 Å². The fourth-order valence-electron chi connectivity index (χ4n) is 2.91. The predicted octanol–water partition coefficient (Wildman–Crippen LogP) is 5.08. The zero-order valence-corrected chi connectivity index (χ0v) is 16.7. The molecule has 5 nitrogen and oxygen atoms in total. The van der Waals surface area contributed by atoms with E-state index in [9.17, 15) is 18.0 Å². The van der Waals surface area contributed by atoms with Gasteiger partial charge in [0, 0.05) is 23.0 Å². The highest BCUT2D eigenvalue weighted by atomic mass is 32.2. The average Bonchev–Trinajstić information content (AvgIpc) is 3.17. The van der Waals surface area contributed by atoms with Crippen LogP contribution in [-0.2, 0) is 4.79 Å². The Kier molecular flexibility index (Phi) is 6.03. The minimum atomic E-state index is -0.786. The zero-order chi connectivity index (χ0) is 21.8. The van der Waals surface area contributed by atoms with Crippen LogP contribution in [0.2, 0.25) is 0 Å². The lowest BCUT2D eigenvalue weighted by Gasteiger charge is -2.10. The van der Waals surface area contributed by atoms with E-state index in [1.165, 1.54) is 12.1 Å². The number of thioether (sulfide) groups is 1. The first-order valence-corrected chi connectivity index (χ1v) is 10.1. The van der Waals surface area contributed by atoms with Crippen molar-refractivity contribution in [3.05, 3.63) is 90.2 Å². The van der Waals surface area contributed by atoms with Gasteiger partial charge in [0.15, 0.2) is 11.0 Å². The van der Waals surface area contributed by atoms with Gasteiger partial charge in [0.2, 0.25) is 5.91 Å². The Balaban J connectivity index is 1.58. The molecule has 0 saturated heterocycles. The van der Waals surface area contributed by atoms with E-state index in [0.29, 0.717) is 16.7 Å². The Labute approximate surface area is 179 Å². The van der Waals surface area contributed by atoms with Crippen LogP contribution < -0.4 is 5.32 Å². The third-order valence-corrected chi connectivity index (χ3v) is 5.16. The van der Waals surface area contributed by atoms with Gasteiger partial charge in [-0.2, -0.15) is 0 Å². The van der Waals surface area contributed by atoms with Crippen molar-refractivity contribution in [1.29, 1.82) is 0 Å². The maximum Gasteiger partial charge on any atom is 0.234 e. The van der Waals surface area contributed by atoms with Crippen LogP contribution in [0.15, 0.2) is 78.0 Å². The molecule has 0 radical (unpaired) electrons. The van der Waals surface area contributed by atoms with Crippen LogP contribution in [0.5, 0.6) is 0 Å². The van der Waals surface area contributed by atoms with Crippen molar-refractivity contribution in [2.75, 3.05) is 11.1 Å². The Morgan fingerprint density at radius 1 is 0.871 bits per heavy atom. The van der Waals surface area contributed by atoms with Crippen LogP contribution in [0.4, 0.5) is 18.9 Å². The van der Waals surface area contributed by atoms with Gasteiger partial charge in [-0.15, -0.1) is 10.2 Å². The van der Waals surface area contributed by atoms with Crippen molar-refractivity contribution in [2.45, 2.75) is 5.16 Å². The smallest absolute Gasteiger partial charge is 0.234 e. The number of hydrogen-bond acceptors (Lipinski definition) is 4. The fourth-order valence-corrected chi connectivity index (χ4v) is 3.67. The van der Waals surface area contributed by atoms with E-state index in [-0.39, 0.29) is 17.3 Å². The minimum absolute atomic E-state index is 0.0214. The summed E-state index contributed by atoms with van der Waals surface area (Å²) in [6, 6.07) is 17.9. The maximum atomic E-state index is 13.4. The van der Waals surface area contributed by atoms with Crippen LogP contribution in [0.1, 0.15) is 0 Å². The van der Waals surface area contributed by atoms with Gasteiger partial charge in [-0.05, 0) is 36.4 Å². The van der Waals surface area contributed by atoms with Gasteiger partial charge < -0.3 is 5.32 Å². The third-order valence-electron chi connectivity index (χ3n) is 4.23. The average molecular weight is 440 g/mol. The van der Waals surface area contributed by atoms with Gasteiger partial charge in [0.1, 0.15) is 17.5 Å². The molecule has 4 rings (SSSR count). The zero-order valence-electron chi connectivity index (χ0n) is 15.9. The molecule has 0 fully saturated rings. The topological polar surface area (TPSA) is 59.8 Å². The van der Waals surface area contributed by atoms with Gasteiger partial charge >= 0.3 is 0 Å². The van der Waals surface area contributed by atoms with Crippen LogP contribution in [0.25, 0.3) is 17.1 Å². The van der Waals surface area contributed by atoms with Crippen LogP contribution in [-0.4, -0.2) is 26.4 Å². The molecule has 1 heterocycles. The number of carbonyl (C=O) groups excluding carboxylic acids is 1. The molecule has 1 amide bonds. The number of anilines is 1. The molecule has 0 bridgehead atoms. The number of nitrogens with one attached hydrogen (secondary N) is 1. The second kappa shape index (κ2) is 9.05. The van der Waals surface area contributed by atoms with E-state index >= 15 is 0 Å². The number of carbonyl (C=O) groups is 1. The molecule has 0 aliphatic carbocycles. The largest absolute Gasteiger partial charge is 0.325 e. The summed E-state index contributed by atoms with van der Waals surface area (Å²) < 4.78 is 41.8. The molecule has 0 atom stereocenters. The Hall–Kier alpha value is -3.59. The van der Waals surface area contributed by atoms with Crippen molar-refractivity contribution >= 4 is 23.4 Å². The number of rotatable bonds is 6. The first kappa shape index (κ1) is 20.7. The highest BCUT2D eigenvalue weighted by Gasteiger charge is 2.17. The van der Waals surface area contributed by atoms with Gasteiger partial charge in [-0.3, -0.25) is 9.36 Å². The number of benzene rings is 3. The second-order valence-electron chi connectivity index (χ2n) is 6.48. The summed E-state index contributed by atoms with van der Waals surface area (Å²) in [6.45, 7) is 0.